The molecule has 6 rings (SSSR count). The van der Waals surface area contributed by atoms with Crippen LogP contribution in [0.2, 0.25) is 0 Å². The Bertz CT molecular complexity index is 1720. The van der Waals surface area contributed by atoms with Gasteiger partial charge in [-0.05, 0) is 142 Å². The van der Waals surface area contributed by atoms with Gasteiger partial charge in [-0.2, -0.15) is 16.8 Å². The summed E-state index contributed by atoms with van der Waals surface area (Å²) in [6, 6.07) is 13.4. The van der Waals surface area contributed by atoms with E-state index >= 15 is 0 Å². The SMILES string of the molecule is COC(=O)CC[C@@H](C)[C@H]1CC[C@@H]2[C@@H]3C[C@H](OS(=O)(=O)c4ccc(C)cc4)[C@@H]4C[C@H](OS(=O)(=O)c5ccc(C)cc5)CC[C@]4(C)[C@H]3CC[C@@]21C. The molecule has 4 aliphatic rings. The molecule has 0 bridgehead atoms. The number of ether oxygens (including phenoxy) is 1. The van der Waals surface area contributed by atoms with Crippen LogP contribution in [-0.2, 0) is 38.1 Å². The summed E-state index contributed by atoms with van der Waals surface area (Å²) in [5.74, 6) is 1.64. The fourth-order valence-corrected chi connectivity index (χ4v) is 13.1. The van der Waals surface area contributed by atoms with E-state index in [1.807, 2.05) is 13.8 Å². The Hall–Kier alpha value is -2.27. The molecule has 4 fully saturated rings. The van der Waals surface area contributed by atoms with Gasteiger partial charge in [0.15, 0.2) is 0 Å². The lowest BCUT2D eigenvalue weighted by Gasteiger charge is -2.62. The monoisotopic (exact) mass is 714 g/mol. The van der Waals surface area contributed by atoms with Crippen LogP contribution in [0.3, 0.4) is 0 Å². The number of carbonyl (C=O) groups excluding carboxylic acids is 1. The van der Waals surface area contributed by atoms with Gasteiger partial charge in [-0.3, -0.25) is 13.2 Å². The van der Waals surface area contributed by atoms with Crippen molar-refractivity contribution < 1.29 is 34.7 Å². The fourth-order valence-electron chi connectivity index (χ4n) is 10.9. The van der Waals surface area contributed by atoms with Crippen molar-refractivity contribution in [1.29, 1.82) is 0 Å². The molecule has 10 atom stereocenters. The van der Waals surface area contributed by atoms with Crippen molar-refractivity contribution in [2.45, 2.75) is 121 Å². The minimum absolute atomic E-state index is 0.0999. The minimum Gasteiger partial charge on any atom is -0.469 e. The standard InChI is InChI=1S/C39H54O8S2/c1-25-7-12-29(13-8-25)48(41,42)46-28-19-21-39(5)34-20-22-38(4)32(27(3)11-18-37(40)45-6)16-17-33(38)31(34)24-36(35(39)23-28)47-49(43,44)30-14-9-26(2)10-15-30/h7-10,12-15,27-28,31-36H,11,16-24H2,1-6H3/t27-,28-,31+,32-,33-,34+,35+,36+,38-,39-/m1/s1. The predicted octanol–water partition coefficient (Wildman–Crippen LogP) is 8.01. The Morgan fingerprint density at radius 3 is 1.90 bits per heavy atom. The second-order valence-electron chi connectivity index (χ2n) is 16.2. The highest BCUT2D eigenvalue weighted by molar-refractivity contribution is 7.87. The van der Waals surface area contributed by atoms with Crippen molar-refractivity contribution in [1.82, 2.24) is 0 Å². The quantitative estimate of drug-likeness (QED) is 0.180. The Morgan fingerprint density at radius 1 is 0.755 bits per heavy atom. The first kappa shape index (κ1) is 36.5. The largest absolute Gasteiger partial charge is 0.469 e. The van der Waals surface area contributed by atoms with Gasteiger partial charge < -0.3 is 4.74 Å². The topological polar surface area (TPSA) is 113 Å². The molecule has 0 aliphatic heterocycles. The van der Waals surface area contributed by atoms with Crippen molar-refractivity contribution in [2.24, 2.45) is 46.3 Å². The molecule has 2 aromatic carbocycles. The van der Waals surface area contributed by atoms with Crippen LogP contribution in [-0.4, -0.2) is 42.1 Å². The van der Waals surface area contributed by atoms with Crippen LogP contribution in [0.25, 0.3) is 0 Å². The molecule has 10 heteroatoms. The van der Waals surface area contributed by atoms with E-state index in [4.69, 9.17) is 13.1 Å². The summed E-state index contributed by atoms with van der Waals surface area (Å²) >= 11 is 0. The van der Waals surface area contributed by atoms with Gasteiger partial charge in [-0.25, -0.2) is 0 Å². The van der Waals surface area contributed by atoms with Crippen LogP contribution in [0, 0.1) is 60.2 Å². The molecular formula is C39H54O8S2. The van der Waals surface area contributed by atoms with Gasteiger partial charge in [-0.15, -0.1) is 0 Å². The van der Waals surface area contributed by atoms with Gasteiger partial charge in [0, 0.05) is 6.42 Å². The normalized spacial score (nSPS) is 35.1. The summed E-state index contributed by atoms with van der Waals surface area (Å²) in [5, 5.41) is 0. The summed E-state index contributed by atoms with van der Waals surface area (Å²) in [7, 11) is -6.62. The summed E-state index contributed by atoms with van der Waals surface area (Å²) < 4.78 is 71.7. The summed E-state index contributed by atoms with van der Waals surface area (Å²) in [4.78, 5) is 12.2. The molecule has 0 aromatic heterocycles. The number of esters is 1. The number of hydrogen-bond donors (Lipinski definition) is 0. The molecule has 0 amide bonds. The maximum absolute atomic E-state index is 13.9. The Kier molecular flexibility index (Phi) is 10.2. The summed E-state index contributed by atoms with van der Waals surface area (Å²) in [6.07, 6.45) is 6.81. The van der Waals surface area contributed by atoms with E-state index < -0.39 is 32.4 Å². The van der Waals surface area contributed by atoms with Crippen molar-refractivity contribution >= 4 is 26.2 Å². The third-order valence-electron chi connectivity index (χ3n) is 13.5. The second-order valence-corrected chi connectivity index (χ2v) is 19.4. The van der Waals surface area contributed by atoms with E-state index in [2.05, 4.69) is 20.8 Å². The molecule has 270 valence electrons. The Morgan fingerprint density at radius 2 is 1.31 bits per heavy atom. The fraction of sp³-hybridized carbons (Fsp3) is 0.667. The van der Waals surface area contributed by atoms with Gasteiger partial charge in [-0.1, -0.05) is 56.2 Å². The van der Waals surface area contributed by atoms with E-state index in [1.165, 1.54) is 7.11 Å². The zero-order valence-electron chi connectivity index (χ0n) is 29.9. The average Bonchev–Trinajstić information content (AvgIpc) is 3.41. The lowest BCUT2D eigenvalue weighted by Crippen LogP contribution is -2.59. The van der Waals surface area contributed by atoms with Crippen LogP contribution >= 0.6 is 0 Å². The van der Waals surface area contributed by atoms with Crippen LogP contribution < -0.4 is 0 Å². The molecule has 0 spiro atoms. The van der Waals surface area contributed by atoms with Gasteiger partial charge in [0.1, 0.15) is 0 Å². The number of hydrogen-bond acceptors (Lipinski definition) is 8. The smallest absolute Gasteiger partial charge is 0.305 e. The highest BCUT2D eigenvalue weighted by Gasteiger charge is 2.63. The number of benzene rings is 2. The highest BCUT2D eigenvalue weighted by atomic mass is 32.2. The first-order chi connectivity index (χ1) is 23.1. The van der Waals surface area contributed by atoms with E-state index in [-0.39, 0.29) is 32.5 Å². The average molecular weight is 715 g/mol. The second kappa shape index (κ2) is 13.7. The highest BCUT2D eigenvalue weighted by Crippen LogP contribution is 2.69. The first-order valence-electron chi connectivity index (χ1n) is 18.1. The van der Waals surface area contributed by atoms with Crippen LogP contribution in [0.5, 0.6) is 0 Å². The van der Waals surface area contributed by atoms with E-state index in [0.717, 1.165) is 49.7 Å². The zero-order chi connectivity index (χ0) is 35.4. The number of methoxy groups -OCH3 is 1. The molecule has 0 unspecified atom stereocenters. The van der Waals surface area contributed by atoms with Crippen LogP contribution in [0.4, 0.5) is 0 Å². The molecule has 49 heavy (non-hydrogen) atoms. The Balaban J connectivity index is 1.29. The number of aryl methyl sites for hydroxylation is 2. The van der Waals surface area contributed by atoms with Crippen LogP contribution in [0.1, 0.15) is 96.1 Å². The number of fused-ring (bicyclic) bond motifs is 5. The lowest BCUT2D eigenvalue weighted by atomic mass is 9.43. The predicted molar refractivity (Wildman–Crippen MR) is 187 cm³/mol. The molecular weight excluding hydrogens is 661 g/mol. The minimum atomic E-state index is -4.07. The molecule has 0 saturated heterocycles. The van der Waals surface area contributed by atoms with E-state index in [9.17, 15) is 21.6 Å². The molecule has 0 radical (unpaired) electrons. The number of rotatable bonds is 10. The van der Waals surface area contributed by atoms with Crippen LogP contribution in [0.15, 0.2) is 58.3 Å². The molecule has 0 N–H and O–H groups in total. The zero-order valence-corrected chi connectivity index (χ0v) is 31.5. The molecule has 2 aromatic rings. The molecule has 4 aliphatic carbocycles. The van der Waals surface area contributed by atoms with Gasteiger partial charge in [0.05, 0.1) is 29.1 Å². The molecule has 0 heterocycles. The molecule has 4 saturated carbocycles. The van der Waals surface area contributed by atoms with Gasteiger partial charge in [0.2, 0.25) is 0 Å². The number of carbonyl (C=O) groups is 1. The summed E-state index contributed by atoms with van der Waals surface area (Å²) in [6.45, 7) is 10.8. The van der Waals surface area contributed by atoms with Crippen molar-refractivity contribution in [3.05, 3.63) is 59.7 Å². The maximum atomic E-state index is 13.9. The van der Waals surface area contributed by atoms with Crippen molar-refractivity contribution in [2.75, 3.05) is 7.11 Å². The Labute approximate surface area is 293 Å². The van der Waals surface area contributed by atoms with E-state index in [0.29, 0.717) is 55.3 Å². The third kappa shape index (κ3) is 7.01. The molecule has 8 nitrogen and oxygen atoms in total. The van der Waals surface area contributed by atoms with Gasteiger partial charge >= 0.3 is 5.97 Å². The summed E-state index contributed by atoms with van der Waals surface area (Å²) in [5.41, 5.74) is 1.81. The third-order valence-corrected chi connectivity index (χ3v) is 16.3. The first-order valence-corrected chi connectivity index (χ1v) is 21.0. The van der Waals surface area contributed by atoms with Crippen molar-refractivity contribution in [3.63, 3.8) is 0 Å². The maximum Gasteiger partial charge on any atom is 0.305 e. The van der Waals surface area contributed by atoms with E-state index in [1.54, 1.807) is 48.5 Å². The van der Waals surface area contributed by atoms with Crippen molar-refractivity contribution in [3.8, 4) is 0 Å². The van der Waals surface area contributed by atoms with Gasteiger partial charge in [0.25, 0.3) is 20.2 Å². The lowest BCUT2D eigenvalue weighted by molar-refractivity contribution is -0.163.